The van der Waals surface area contributed by atoms with Crippen molar-refractivity contribution in [2.24, 2.45) is 11.3 Å². The van der Waals surface area contributed by atoms with Crippen molar-refractivity contribution in [3.63, 3.8) is 0 Å². The average Bonchev–Trinajstić information content (AvgIpc) is 2.74. The second-order valence-corrected chi connectivity index (χ2v) is 10.9. The molecule has 1 saturated heterocycles. The van der Waals surface area contributed by atoms with Gasteiger partial charge in [0.1, 0.15) is 12.4 Å². The molecule has 0 spiro atoms. The van der Waals surface area contributed by atoms with E-state index in [9.17, 15) is 0 Å². The third kappa shape index (κ3) is 4.59. The van der Waals surface area contributed by atoms with E-state index in [1.165, 1.54) is 63.1 Å². The summed E-state index contributed by atoms with van der Waals surface area (Å²) in [5.41, 5.74) is 4.78. The molecular formula is C26H43N3O. The highest BCUT2D eigenvalue weighted by atomic mass is 16.5. The summed E-state index contributed by atoms with van der Waals surface area (Å²) in [7, 11) is 2.21. The summed E-state index contributed by atoms with van der Waals surface area (Å²) in [5, 5.41) is 0. The fourth-order valence-corrected chi connectivity index (χ4v) is 5.80. The maximum atomic E-state index is 6.11. The lowest BCUT2D eigenvalue weighted by Crippen LogP contribution is -2.47. The van der Waals surface area contributed by atoms with E-state index in [4.69, 9.17) is 4.74 Å². The number of benzene rings is 1. The van der Waals surface area contributed by atoms with Crippen LogP contribution in [0, 0.1) is 11.3 Å². The highest BCUT2D eigenvalue weighted by molar-refractivity contribution is 5.71. The Morgan fingerprint density at radius 3 is 2.27 bits per heavy atom. The number of anilines is 2. The zero-order valence-corrected chi connectivity index (χ0v) is 20.0. The maximum absolute atomic E-state index is 6.11. The lowest BCUT2D eigenvalue weighted by atomic mass is 9.68. The number of fused-ring (bicyclic) bond motifs is 1. The number of likely N-dealkylation sites (N-methyl/N-ethyl adjacent to an activating group) is 1. The summed E-state index contributed by atoms with van der Waals surface area (Å²) >= 11 is 0. The summed E-state index contributed by atoms with van der Waals surface area (Å²) in [4.78, 5) is 7.65. The predicted octanol–water partition coefficient (Wildman–Crippen LogP) is 5.37. The molecule has 0 radical (unpaired) electrons. The molecule has 3 aliphatic rings. The summed E-state index contributed by atoms with van der Waals surface area (Å²) in [6.07, 6.45) is 6.63. The number of rotatable bonds is 4. The molecule has 0 N–H and O–H groups in total. The van der Waals surface area contributed by atoms with Crippen LogP contribution in [0.1, 0.15) is 71.3 Å². The zero-order valence-electron chi connectivity index (χ0n) is 20.0. The first-order chi connectivity index (χ1) is 14.4. The molecule has 2 fully saturated rings. The van der Waals surface area contributed by atoms with Crippen LogP contribution in [0.2, 0.25) is 0 Å². The van der Waals surface area contributed by atoms with Crippen LogP contribution < -0.4 is 14.5 Å². The van der Waals surface area contributed by atoms with Crippen molar-refractivity contribution in [3.8, 4) is 5.75 Å². The summed E-state index contributed by atoms with van der Waals surface area (Å²) in [6, 6.07) is 4.87. The van der Waals surface area contributed by atoms with Gasteiger partial charge < -0.3 is 14.5 Å². The molecule has 30 heavy (non-hydrogen) atoms. The van der Waals surface area contributed by atoms with E-state index in [0.717, 1.165) is 37.9 Å². The normalized spacial score (nSPS) is 25.8. The van der Waals surface area contributed by atoms with Gasteiger partial charge in [-0.3, -0.25) is 4.90 Å². The van der Waals surface area contributed by atoms with Gasteiger partial charge in [-0.25, -0.2) is 0 Å². The Balaban J connectivity index is 1.59. The van der Waals surface area contributed by atoms with Crippen molar-refractivity contribution in [2.45, 2.75) is 65.7 Å². The Morgan fingerprint density at radius 1 is 0.933 bits per heavy atom. The largest absolute Gasteiger partial charge is 0.489 e. The van der Waals surface area contributed by atoms with Gasteiger partial charge >= 0.3 is 0 Å². The van der Waals surface area contributed by atoms with Crippen LogP contribution in [-0.4, -0.2) is 57.8 Å². The monoisotopic (exact) mass is 413 g/mol. The highest BCUT2D eigenvalue weighted by Crippen LogP contribution is 2.48. The third-order valence-electron chi connectivity index (χ3n) is 7.85. The number of hydrogen-bond donors (Lipinski definition) is 0. The maximum Gasteiger partial charge on any atom is 0.144 e. The first-order valence-electron chi connectivity index (χ1n) is 12.4. The number of nitrogens with zero attached hydrogens (tertiary/aromatic N) is 3. The Hall–Kier alpha value is -1.42. The van der Waals surface area contributed by atoms with Crippen LogP contribution in [0.3, 0.4) is 0 Å². The van der Waals surface area contributed by atoms with E-state index in [0.29, 0.717) is 11.3 Å². The van der Waals surface area contributed by atoms with E-state index in [1.54, 1.807) is 5.56 Å². The van der Waals surface area contributed by atoms with Gasteiger partial charge in [0.25, 0.3) is 0 Å². The number of ether oxygens (including phenoxy) is 1. The minimum Gasteiger partial charge on any atom is -0.489 e. The van der Waals surface area contributed by atoms with E-state index in [-0.39, 0.29) is 0 Å². The molecule has 0 amide bonds. The highest BCUT2D eigenvalue weighted by Gasteiger charge is 2.33. The van der Waals surface area contributed by atoms with Crippen LogP contribution >= 0.6 is 0 Å². The molecule has 0 unspecified atom stereocenters. The van der Waals surface area contributed by atoms with Crippen molar-refractivity contribution >= 4 is 11.4 Å². The number of hydrogen-bond acceptors (Lipinski definition) is 4. The second-order valence-electron chi connectivity index (χ2n) is 10.9. The topological polar surface area (TPSA) is 19.0 Å². The van der Waals surface area contributed by atoms with Gasteiger partial charge in [-0.15, -0.1) is 0 Å². The standard InChI is InChI=1S/C26H43N3O/c1-6-11-28-12-14-29(15-13-28)23-19-25-24(27(5)16-17-30-25)18-22(23)20-7-9-21(10-8-20)26(2,3)4/h18-21H,6-17H2,1-5H3. The summed E-state index contributed by atoms with van der Waals surface area (Å²) in [5.74, 6) is 2.63. The number of piperazine rings is 1. The molecule has 1 aliphatic carbocycles. The molecule has 4 nitrogen and oxygen atoms in total. The first kappa shape index (κ1) is 21.8. The molecule has 1 aromatic rings. The lowest BCUT2D eigenvalue weighted by molar-refractivity contribution is 0.169. The minimum atomic E-state index is 0.438. The lowest BCUT2D eigenvalue weighted by Gasteiger charge is -2.41. The molecular weight excluding hydrogens is 370 g/mol. The Labute approximate surface area is 184 Å². The van der Waals surface area contributed by atoms with E-state index in [1.807, 2.05) is 0 Å². The zero-order chi connectivity index (χ0) is 21.3. The molecule has 0 atom stereocenters. The summed E-state index contributed by atoms with van der Waals surface area (Å²) < 4.78 is 6.11. The second kappa shape index (κ2) is 8.98. The smallest absolute Gasteiger partial charge is 0.144 e. The van der Waals surface area contributed by atoms with Crippen molar-refractivity contribution in [2.75, 3.05) is 62.7 Å². The summed E-state index contributed by atoms with van der Waals surface area (Å²) in [6.45, 7) is 17.2. The van der Waals surface area contributed by atoms with Gasteiger partial charge in [-0.05, 0) is 67.5 Å². The molecule has 1 saturated carbocycles. The van der Waals surface area contributed by atoms with Crippen LogP contribution in [0.4, 0.5) is 11.4 Å². The molecule has 1 aromatic carbocycles. The molecule has 4 rings (SSSR count). The van der Waals surface area contributed by atoms with E-state index in [2.05, 4.69) is 61.6 Å². The Bertz CT molecular complexity index is 710. The van der Waals surface area contributed by atoms with Crippen molar-refractivity contribution in [1.82, 2.24) is 4.90 Å². The Kier molecular flexibility index (Phi) is 6.53. The SMILES string of the molecule is CCCN1CCN(c2cc3c(cc2C2CCC(C(C)(C)C)CC2)N(C)CCO3)CC1. The van der Waals surface area contributed by atoms with Gasteiger partial charge in [0.05, 0.1) is 12.2 Å². The quantitative estimate of drug-likeness (QED) is 0.661. The van der Waals surface area contributed by atoms with Crippen LogP contribution in [0.25, 0.3) is 0 Å². The average molecular weight is 414 g/mol. The fourth-order valence-electron chi connectivity index (χ4n) is 5.80. The molecule has 0 bridgehead atoms. The van der Waals surface area contributed by atoms with Gasteiger partial charge in [0.15, 0.2) is 0 Å². The minimum absolute atomic E-state index is 0.438. The van der Waals surface area contributed by atoms with Crippen molar-refractivity contribution in [1.29, 1.82) is 0 Å². The van der Waals surface area contributed by atoms with Gasteiger partial charge in [-0.2, -0.15) is 0 Å². The van der Waals surface area contributed by atoms with E-state index < -0.39 is 0 Å². The van der Waals surface area contributed by atoms with Gasteiger partial charge in [0, 0.05) is 45.0 Å². The van der Waals surface area contributed by atoms with Gasteiger partial charge in [0.2, 0.25) is 0 Å². The van der Waals surface area contributed by atoms with Gasteiger partial charge in [-0.1, -0.05) is 27.7 Å². The van der Waals surface area contributed by atoms with Crippen LogP contribution in [-0.2, 0) is 0 Å². The Morgan fingerprint density at radius 2 is 1.63 bits per heavy atom. The van der Waals surface area contributed by atoms with Crippen molar-refractivity contribution < 1.29 is 4.74 Å². The first-order valence-corrected chi connectivity index (χ1v) is 12.4. The molecule has 4 heteroatoms. The van der Waals surface area contributed by atoms with Crippen LogP contribution in [0.15, 0.2) is 12.1 Å². The van der Waals surface area contributed by atoms with Crippen molar-refractivity contribution in [3.05, 3.63) is 17.7 Å². The molecule has 2 aliphatic heterocycles. The molecule has 2 heterocycles. The fraction of sp³-hybridized carbons (Fsp3) is 0.769. The molecule has 168 valence electrons. The van der Waals surface area contributed by atoms with E-state index >= 15 is 0 Å². The molecule has 0 aromatic heterocycles. The van der Waals surface area contributed by atoms with Crippen LogP contribution in [0.5, 0.6) is 5.75 Å². The third-order valence-corrected chi connectivity index (χ3v) is 7.85. The predicted molar refractivity (Wildman–Crippen MR) is 128 cm³/mol.